The third kappa shape index (κ3) is 2.87. The van der Waals surface area contributed by atoms with Gasteiger partial charge >= 0.3 is 11.9 Å². The van der Waals surface area contributed by atoms with Crippen molar-refractivity contribution in [2.24, 2.45) is 0 Å². The summed E-state index contributed by atoms with van der Waals surface area (Å²) in [5.41, 5.74) is -0.0658. The van der Waals surface area contributed by atoms with E-state index in [1.54, 1.807) is 0 Å². The molecule has 0 N–H and O–H groups in total. The molecule has 90 valence electrons. The van der Waals surface area contributed by atoms with Crippen LogP contribution < -0.4 is 0 Å². The van der Waals surface area contributed by atoms with Crippen molar-refractivity contribution in [3.8, 4) is 0 Å². The number of esters is 2. The lowest BCUT2D eigenvalue weighted by molar-refractivity contribution is -0.142. The summed E-state index contributed by atoms with van der Waals surface area (Å²) in [7, 11) is 0. The van der Waals surface area contributed by atoms with Crippen molar-refractivity contribution in [3.63, 3.8) is 0 Å². The highest BCUT2D eigenvalue weighted by atomic mass is 16.5. The van der Waals surface area contributed by atoms with E-state index in [0.29, 0.717) is 0 Å². The first-order valence-electron chi connectivity index (χ1n) is 4.71. The summed E-state index contributed by atoms with van der Waals surface area (Å²) in [5.74, 6) is -3.45. The normalized spacial score (nSPS) is 15.6. The van der Waals surface area contributed by atoms with Gasteiger partial charge in [0, 0.05) is 25.5 Å². The summed E-state index contributed by atoms with van der Waals surface area (Å²) in [6.45, 7) is 3.54. The summed E-state index contributed by atoms with van der Waals surface area (Å²) in [6, 6.07) is 0. The second-order valence-electron chi connectivity index (χ2n) is 3.34. The molecule has 0 aromatic rings. The number of ether oxygens (including phenoxy) is 2. The van der Waals surface area contributed by atoms with E-state index in [9.17, 15) is 19.2 Å². The SMILES string of the molecule is CC(=O)OC1=CC(=O)C(OC(C)=O)=C(C)C1=O. The first kappa shape index (κ1) is 12.8. The number of carbonyl (C=O) groups is 4. The molecule has 0 spiro atoms. The molecule has 0 saturated heterocycles. The van der Waals surface area contributed by atoms with Crippen LogP contribution in [0.2, 0.25) is 0 Å². The van der Waals surface area contributed by atoms with Crippen LogP contribution in [0.15, 0.2) is 23.2 Å². The topological polar surface area (TPSA) is 86.7 Å². The highest BCUT2D eigenvalue weighted by Crippen LogP contribution is 2.20. The monoisotopic (exact) mass is 238 g/mol. The summed E-state index contributed by atoms with van der Waals surface area (Å²) >= 11 is 0. The Balaban J connectivity index is 3.05. The van der Waals surface area contributed by atoms with Crippen LogP contribution in [-0.4, -0.2) is 23.5 Å². The van der Waals surface area contributed by atoms with Crippen molar-refractivity contribution in [3.05, 3.63) is 23.2 Å². The minimum atomic E-state index is -0.707. The summed E-state index contributed by atoms with van der Waals surface area (Å²) in [4.78, 5) is 44.6. The zero-order valence-corrected chi connectivity index (χ0v) is 9.53. The van der Waals surface area contributed by atoms with Gasteiger partial charge in [-0.05, 0) is 6.92 Å². The van der Waals surface area contributed by atoms with Crippen LogP contribution in [0.4, 0.5) is 0 Å². The first-order chi connectivity index (χ1) is 7.82. The Morgan fingerprint density at radius 1 is 1.06 bits per heavy atom. The second-order valence-corrected chi connectivity index (χ2v) is 3.34. The molecule has 6 heteroatoms. The predicted molar refractivity (Wildman–Crippen MR) is 54.3 cm³/mol. The Labute approximate surface area is 96.9 Å². The van der Waals surface area contributed by atoms with E-state index in [-0.39, 0.29) is 17.1 Å². The van der Waals surface area contributed by atoms with E-state index < -0.39 is 23.5 Å². The fourth-order valence-electron chi connectivity index (χ4n) is 1.22. The van der Waals surface area contributed by atoms with Crippen LogP contribution in [0.25, 0.3) is 0 Å². The van der Waals surface area contributed by atoms with Crippen LogP contribution in [-0.2, 0) is 28.7 Å². The van der Waals surface area contributed by atoms with Crippen molar-refractivity contribution in [2.75, 3.05) is 0 Å². The zero-order chi connectivity index (χ0) is 13.2. The van der Waals surface area contributed by atoms with Crippen molar-refractivity contribution < 1.29 is 28.7 Å². The van der Waals surface area contributed by atoms with Crippen LogP contribution >= 0.6 is 0 Å². The largest absolute Gasteiger partial charge is 0.422 e. The molecule has 0 heterocycles. The van der Waals surface area contributed by atoms with Gasteiger partial charge in [0.25, 0.3) is 0 Å². The van der Waals surface area contributed by atoms with E-state index in [4.69, 9.17) is 0 Å². The highest BCUT2D eigenvalue weighted by Gasteiger charge is 2.30. The summed E-state index contributed by atoms with van der Waals surface area (Å²) in [6.07, 6.45) is 0.828. The van der Waals surface area contributed by atoms with Gasteiger partial charge in [-0.2, -0.15) is 0 Å². The molecule has 1 rings (SSSR count). The molecule has 0 saturated carbocycles. The van der Waals surface area contributed by atoms with E-state index in [1.165, 1.54) is 6.92 Å². The van der Waals surface area contributed by atoms with Crippen molar-refractivity contribution >= 4 is 23.5 Å². The van der Waals surface area contributed by atoms with E-state index in [2.05, 4.69) is 9.47 Å². The lowest BCUT2D eigenvalue weighted by atomic mass is 10.0. The van der Waals surface area contributed by atoms with Gasteiger partial charge in [-0.1, -0.05) is 0 Å². The maximum absolute atomic E-state index is 11.7. The smallest absolute Gasteiger partial charge is 0.308 e. The predicted octanol–water partition coefficient (Wildman–Crippen LogP) is 0.422. The van der Waals surface area contributed by atoms with E-state index >= 15 is 0 Å². The lowest BCUT2D eigenvalue weighted by Crippen LogP contribution is -2.23. The molecule has 0 radical (unpaired) electrons. The molecule has 17 heavy (non-hydrogen) atoms. The molecule has 0 aliphatic heterocycles. The van der Waals surface area contributed by atoms with Gasteiger partial charge < -0.3 is 9.47 Å². The van der Waals surface area contributed by atoms with Crippen LogP contribution in [0.3, 0.4) is 0 Å². The minimum absolute atomic E-state index is 0.0658. The number of ketones is 2. The van der Waals surface area contributed by atoms with Gasteiger partial charge in [0.2, 0.25) is 11.6 Å². The zero-order valence-electron chi connectivity index (χ0n) is 9.53. The Morgan fingerprint density at radius 3 is 2.06 bits per heavy atom. The van der Waals surface area contributed by atoms with Crippen LogP contribution in [0.1, 0.15) is 20.8 Å². The number of rotatable bonds is 2. The van der Waals surface area contributed by atoms with Gasteiger partial charge in [-0.15, -0.1) is 0 Å². The minimum Gasteiger partial charge on any atom is -0.422 e. The summed E-state index contributed by atoms with van der Waals surface area (Å²) < 4.78 is 9.20. The quantitative estimate of drug-likeness (QED) is 0.512. The molecule has 0 aromatic carbocycles. The average Bonchev–Trinajstić information content (AvgIpc) is 2.20. The highest BCUT2D eigenvalue weighted by molar-refractivity contribution is 6.21. The van der Waals surface area contributed by atoms with Gasteiger partial charge in [0.1, 0.15) is 0 Å². The van der Waals surface area contributed by atoms with Gasteiger partial charge in [-0.25, -0.2) is 0 Å². The fourth-order valence-corrected chi connectivity index (χ4v) is 1.22. The van der Waals surface area contributed by atoms with Crippen LogP contribution in [0, 0.1) is 0 Å². The Hall–Kier alpha value is -2.24. The number of Topliss-reactive ketones (excluding diaryl/α,β-unsaturated/α-hetero) is 1. The number of allylic oxidation sites excluding steroid dienone is 2. The molecule has 6 nitrogen and oxygen atoms in total. The van der Waals surface area contributed by atoms with Crippen molar-refractivity contribution in [1.82, 2.24) is 0 Å². The lowest BCUT2D eigenvalue weighted by Gasteiger charge is -2.14. The average molecular weight is 238 g/mol. The fraction of sp³-hybridized carbons (Fsp3) is 0.273. The molecule has 1 aliphatic carbocycles. The molecule has 0 unspecified atom stereocenters. The second kappa shape index (κ2) is 4.73. The van der Waals surface area contributed by atoms with Gasteiger partial charge in [-0.3, -0.25) is 19.2 Å². The summed E-state index contributed by atoms with van der Waals surface area (Å²) in [5, 5.41) is 0. The maximum Gasteiger partial charge on any atom is 0.308 e. The van der Waals surface area contributed by atoms with Gasteiger partial charge in [0.15, 0.2) is 11.5 Å². The Kier molecular flexibility index (Phi) is 3.57. The first-order valence-corrected chi connectivity index (χ1v) is 4.71. The van der Waals surface area contributed by atoms with Crippen molar-refractivity contribution in [1.29, 1.82) is 0 Å². The molecule has 0 amide bonds. The van der Waals surface area contributed by atoms with E-state index in [0.717, 1.165) is 19.9 Å². The molecule has 1 aliphatic rings. The van der Waals surface area contributed by atoms with Crippen molar-refractivity contribution in [2.45, 2.75) is 20.8 Å². The molecule has 0 atom stereocenters. The molecular formula is C11H10O6. The number of carbonyl (C=O) groups excluding carboxylic acids is 4. The molecular weight excluding hydrogens is 228 g/mol. The molecule has 0 bridgehead atoms. The Bertz CT molecular complexity index is 480. The maximum atomic E-state index is 11.7. The molecule has 0 aromatic heterocycles. The van der Waals surface area contributed by atoms with Gasteiger partial charge in [0.05, 0.1) is 0 Å². The van der Waals surface area contributed by atoms with E-state index in [1.807, 2.05) is 0 Å². The Morgan fingerprint density at radius 2 is 1.59 bits per heavy atom. The third-order valence-electron chi connectivity index (χ3n) is 1.89. The standard InChI is InChI=1S/C11H10O6/c1-5-10(15)9(16-6(2)12)4-8(14)11(5)17-7(3)13/h4H,1-3H3. The number of hydrogen-bond acceptors (Lipinski definition) is 6. The van der Waals surface area contributed by atoms with Crippen LogP contribution in [0.5, 0.6) is 0 Å². The number of hydrogen-bond donors (Lipinski definition) is 0. The third-order valence-corrected chi connectivity index (χ3v) is 1.89. The molecule has 0 fully saturated rings.